The number of amides is 1. The van der Waals surface area contributed by atoms with Crippen molar-refractivity contribution < 1.29 is 22.7 Å². The van der Waals surface area contributed by atoms with Crippen LogP contribution >= 0.6 is 12.4 Å². The van der Waals surface area contributed by atoms with Crippen LogP contribution in [-0.2, 0) is 4.79 Å². The second kappa shape index (κ2) is 7.85. The number of carbonyl (C=O) groups is 1. The molecule has 0 aliphatic carbocycles. The van der Waals surface area contributed by atoms with Crippen LogP contribution in [0.2, 0.25) is 0 Å². The van der Waals surface area contributed by atoms with Gasteiger partial charge in [0.15, 0.2) is 11.6 Å². The standard InChI is InChI=1S/C11H13F3N2O2.ClH/c1-2-8(15)10(17)16-6-3-4-9(7(12)5-6)18-11(13)14;/h3-5,8,11H,2,15H2,1H3,(H,16,17);1H/t8-;/m0./s1. The number of carbonyl (C=O) groups excluding carboxylic acids is 1. The van der Waals surface area contributed by atoms with Crippen molar-refractivity contribution in [2.45, 2.75) is 26.0 Å². The quantitative estimate of drug-likeness (QED) is 0.878. The van der Waals surface area contributed by atoms with Crippen LogP contribution in [0.3, 0.4) is 0 Å². The minimum Gasteiger partial charge on any atom is -0.432 e. The first-order chi connectivity index (χ1) is 8.43. The van der Waals surface area contributed by atoms with Gasteiger partial charge in [0.05, 0.1) is 6.04 Å². The molecule has 4 nitrogen and oxygen atoms in total. The van der Waals surface area contributed by atoms with Gasteiger partial charge in [-0.1, -0.05) is 6.92 Å². The van der Waals surface area contributed by atoms with Crippen molar-refractivity contribution in [1.82, 2.24) is 0 Å². The molecule has 1 aromatic carbocycles. The number of alkyl halides is 2. The molecule has 0 saturated carbocycles. The number of anilines is 1. The van der Waals surface area contributed by atoms with Gasteiger partial charge in [-0.3, -0.25) is 4.79 Å². The van der Waals surface area contributed by atoms with E-state index in [9.17, 15) is 18.0 Å². The Bertz CT molecular complexity index is 432. The lowest BCUT2D eigenvalue weighted by molar-refractivity contribution is -0.117. The van der Waals surface area contributed by atoms with E-state index in [1.807, 2.05) is 0 Å². The Balaban J connectivity index is 0.00000324. The van der Waals surface area contributed by atoms with Crippen LogP contribution in [0.5, 0.6) is 5.75 Å². The fourth-order valence-electron chi connectivity index (χ4n) is 1.19. The molecule has 0 aliphatic heterocycles. The summed E-state index contributed by atoms with van der Waals surface area (Å²) in [6, 6.07) is 2.44. The Kier molecular flexibility index (Phi) is 7.25. The Morgan fingerprint density at radius 1 is 1.47 bits per heavy atom. The zero-order valence-corrected chi connectivity index (χ0v) is 10.8. The average molecular weight is 299 g/mol. The number of halogens is 4. The van der Waals surface area contributed by atoms with Crippen molar-refractivity contribution in [3.05, 3.63) is 24.0 Å². The van der Waals surface area contributed by atoms with E-state index in [0.717, 1.165) is 12.1 Å². The molecule has 0 heterocycles. The highest BCUT2D eigenvalue weighted by Gasteiger charge is 2.14. The molecule has 1 rings (SSSR count). The highest BCUT2D eigenvalue weighted by atomic mass is 35.5. The predicted molar refractivity (Wildman–Crippen MR) is 67.2 cm³/mol. The molecule has 0 fully saturated rings. The number of rotatable bonds is 5. The summed E-state index contributed by atoms with van der Waals surface area (Å²) >= 11 is 0. The van der Waals surface area contributed by atoms with Crippen molar-refractivity contribution >= 4 is 24.0 Å². The van der Waals surface area contributed by atoms with Gasteiger partial charge in [-0.15, -0.1) is 12.4 Å². The van der Waals surface area contributed by atoms with Gasteiger partial charge in [0.2, 0.25) is 5.91 Å². The van der Waals surface area contributed by atoms with E-state index in [0.29, 0.717) is 6.42 Å². The minimum atomic E-state index is -3.10. The predicted octanol–water partition coefficient (Wildman–Crippen LogP) is 2.52. The molecule has 0 aliphatic rings. The summed E-state index contributed by atoms with van der Waals surface area (Å²) in [7, 11) is 0. The smallest absolute Gasteiger partial charge is 0.387 e. The summed E-state index contributed by atoms with van der Waals surface area (Å²) < 4.78 is 41.0. The van der Waals surface area contributed by atoms with Crippen molar-refractivity contribution in [3.63, 3.8) is 0 Å². The first-order valence-corrected chi connectivity index (χ1v) is 5.24. The van der Waals surface area contributed by atoms with Crippen LogP contribution in [0, 0.1) is 5.82 Å². The number of nitrogens with one attached hydrogen (secondary N) is 1. The summed E-state index contributed by atoms with van der Waals surface area (Å²) in [4.78, 5) is 11.4. The molecule has 108 valence electrons. The lowest BCUT2D eigenvalue weighted by atomic mass is 10.2. The molecule has 1 amide bonds. The number of benzene rings is 1. The zero-order valence-electron chi connectivity index (χ0n) is 10.0. The van der Waals surface area contributed by atoms with Gasteiger partial charge in [0, 0.05) is 11.8 Å². The van der Waals surface area contributed by atoms with E-state index in [4.69, 9.17) is 5.73 Å². The van der Waals surface area contributed by atoms with Crippen LogP contribution in [0.15, 0.2) is 18.2 Å². The largest absolute Gasteiger partial charge is 0.432 e. The van der Waals surface area contributed by atoms with Crippen LogP contribution in [-0.4, -0.2) is 18.6 Å². The SMILES string of the molecule is CC[C@H](N)C(=O)Nc1ccc(OC(F)F)c(F)c1.Cl. The third kappa shape index (κ3) is 5.35. The molecule has 19 heavy (non-hydrogen) atoms. The third-order valence-electron chi connectivity index (χ3n) is 2.19. The minimum absolute atomic E-state index is 0. The zero-order chi connectivity index (χ0) is 13.7. The lowest BCUT2D eigenvalue weighted by Crippen LogP contribution is -2.34. The van der Waals surface area contributed by atoms with Crippen LogP contribution in [0.25, 0.3) is 0 Å². The fraction of sp³-hybridized carbons (Fsp3) is 0.364. The second-order valence-corrected chi connectivity index (χ2v) is 3.53. The monoisotopic (exact) mass is 298 g/mol. The maximum absolute atomic E-state index is 13.3. The summed E-state index contributed by atoms with van der Waals surface area (Å²) in [6.07, 6.45) is 0.431. The van der Waals surface area contributed by atoms with Crippen LogP contribution < -0.4 is 15.8 Å². The molecule has 0 spiro atoms. The van der Waals surface area contributed by atoms with Crippen LogP contribution in [0.1, 0.15) is 13.3 Å². The molecule has 0 radical (unpaired) electrons. The molecular weight excluding hydrogens is 285 g/mol. The molecular formula is C11H14ClF3N2O2. The van der Waals surface area contributed by atoms with Gasteiger partial charge in [-0.2, -0.15) is 8.78 Å². The van der Waals surface area contributed by atoms with Gasteiger partial charge in [-0.25, -0.2) is 4.39 Å². The second-order valence-electron chi connectivity index (χ2n) is 3.53. The first-order valence-electron chi connectivity index (χ1n) is 5.24. The molecule has 3 N–H and O–H groups in total. The third-order valence-corrected chi connectivity index (χ3v) is 2.19. The van der Waals surface area contributed by atoms with E-state index in [2.05, 4.69) is 10.1 Å². The van der Waals surface area contributed by atoms with Gasteiger partial charge in [0.25, 0.3) is 0 Å². The summed E-state index contributed by atoms with van der Waals surface area (Å²) in [6.45, 7) is -1.38. The summed E-state index contributed by atoms with van der Waals surface area (Å²) in [5, 5.41) is 2.37. The van der Waals surface area contributed by atoms with Crippen molar-refractivity contribution in [2.24, 2.45) is 5.73 Å². The van der Waals surface area contributed by atoms with Gasteiger partial charge in [-0.05, 0) is 18.6 Å². The first kappa shape index (κ1) is 17.5. The van der Waals surface area contributed by atoms with Crippen LogP contribution in [0.4, 0.5) is 18.9 Å². The van der Waals surface area contributed by atoms with Crippen molar-refractivity contribution in [2.75, 3.05) is 5.32 Å². The Labute approximate surface area is 114 Å². The van der Waals surface area contributed by atoms with Gasteiger partial charge >= 0.3 is 6.61 Å². The maximum Gasteiger partial charge on any atom is 0.387 e. The normalized spacial score (nSPS) is 11.7. The van der Waals surface area contributed by atoms with E-state index in [-0.39, 0.29) is 18.1 Å². The Morgan fingerprint density at radius 3 is 2.58 bits per heavy atom. The van der Waals surface area contributed by atoms with Crippen molar-refractivity contribution in [1.29, 1.82) is 0 Å². The molecule has 0 saturated heterocycles. The van der Waals surface area contributed by atoms with E-state index >= 15 is 0 Å². The molecule has 0 bridgehead atoms. The average Bonchev–Trinajstić information content (AvgIpc) is 2.31. The number of nitrogens with two attached hydrogens (primary N) is 1. The molecule has 1 aromatic rings. The number of ether oxygens (including phenoxy) is 1. The highest BCUT2D eigenvalue weighted by molar-refractivity contribution is 5.94. The topological polar surface area (TPSA) is 64.4 Å². The molecule has 0 aromatic heterocycles. The maximum atomic E-state index is 13.3. The molecule has 8 heteroatoms. The lowest BCUT2D eigenvalue weighted by Gasteiger charge is -2.11. The highest BCUT2D eigenvalue weighted by Crippen LogP contribution is 2.22. The summed E-state index contributed by atoms with van der Waals surface area (Å²) in [5.41, 5.74) is 5.60. The summed E-state index contributed by atoms with van der Waals surface area (Å²) in [5.74, 6) is -2.04. The Morgan fingerprint density at radius 2 is 2.11 bits per heavy atom. The molecule has 1 atom stereocenters. The van der Waals surface area contributed by atoms with E-state index in [1.165, 1.54) is 6.07 Å². The van der Waals surface area contributed by atoms with E-state index < -0.39 is 30.1 Å². The van der Waals surface area contributed by atoms with Gasteiger partial charge in [0.1, 0.15) is 0 Å². The van der Waals surface area contributed by atoms with E-state index in [1.54, 1.807) is 6.92 Å². The number of hydrogen-bond donors (Lipinski definition) is 2. The van der Waals surface area contributed by atoms with Gasteiger partial charge < -0.3 is 15.8 Å². The van der Waals surface area contributed by atoms with Crippen molar-refractivity contribution in [3.8, 4) is 5.75 Å². The number of hydrogen-bond acceptors (Lipinski definition) is 3. The fourth-order valence-corrected chi connectivity index (χ4v) is 1.19. The molecule has 0 unspecified atom stereocenters. The Hall–Kier alpha value is -1.47.